The maximum absolute atomic E-state index is 1.81. The van der Waals surface area contributed by atoms with E-state index in [9.17, 15) is 0 Å². The van der Waals surface area contributed by atoms with Gasteiger partial charge in [0.2, 0.25) is 0 Å². The predicted molar refractivity (Wildman–Crippen MR) is 40.1 cm³/mol. The van der Waals surface area contributed by atoms with E-state index in [1.807, 2.05) is 17.0 Å². The summed E-state index contributed by atoms with van der Waals surface area (Å²) in [5, 5.41) is 0. The van der Waals surface area contributed by atoms with Crippen molar-refractivity contribution in [2.45, 2.75) is 17.0 Å². The molecule has 1 heterocycles. The molecule has 0 nitrogen and oxygen atoms in total. The van der Waals surface area contributed by atoms with Crippen LogP contribution in [0.15, 0.2) is 0 Å². The lowest BCUT2D eigenvalue weighted by atomic mass is 11.8. The summed E-state index contributed by atoms with van der Waals surface area (Å²) >= 11 is 0. The van der Waals surface area contributed by atoms with E-state index in [4.69, 9.17) is 0 Å². The second kappa shape index (κ2) is 2.76. The SMILES string of the molecule is C1[SiH2]C[SiH2]C[SiH2]1. The molecule has 0 aliphatic carbocycles. The Bertz CT molecular complexity index is 21.5. The third kappa shape index (κ3) is 1.40. The highest BCUT2D eigenvalue weighted by molar-refractivity contribution is 6.74. The Morgan fingerprint density at radius 3 is 1.17 bits per heavy atom. The number of hydrogen-bond acceptors (Lipinski definition) is 0. The first-order chi connectivity index (χ1) is 3.00. The molecule has 0 saturated carbocycles. The van der Waals surface area contributed by atoms with Crippen molar-refractivity contribution in [1.29, 1.82) is 0 Å². The maximum Gasteiger partial charge on any atom is 0.0134 e. The van der Waals surface area contributed by atoms with Crippen LogP contribution in [-0.2, 0) is 0 Å². The molecule has 0 spiro atoms. The molecule has 1 aliphatic rings. The molecule has 0 atom stereocenters. The Morgan fingerprint density at radius 2 is 1.00 bits per heavy atom. The van der Waals surface area contributed by atoms with Crippen LogP contribution in [0, 0.1) is 0 Å². The molecule has 0 N–H and O–H groups in total. The summed E-state index contributed by atoms with van der Waals surface area (Å²) in [6.07, 6.45) is 0. The van der Waals surface area contributed by atoms with Crippen molar-refractivity contribution in [3.05, 3.63) is 0 Å². The normalized spacial score (nSPS) is 36.0. The second-order valence-electron chi connectivity index (χ2n) is 2.12. The van der Waals surface area contributed by atoms with Gasteiger partial charge in [-0.1, -0.05) is 17.0 Å². The summed E-state index contributed by atoms with van der Waals surface area (Å²) in [7, 11) is 1.90. The third-order valence-corrected chi connectivity index (χ3v) is 13.5. The number of rotatable bonds is 0. The van der Waals surface area contributed by atoms with Gasteiger partial charge < -0.3 is 0 Å². The third-order valence-electron chi connectivity index (χ3n) is 1.50. The summed E-state index contributed by atoms with van der Waals surface area (Å²) in [5.41, 5.74) is 5.44. The maximum atomic E-state index is 1.81. The van der Waals surface area contributed by atoms with Crippen LogP contribution in [-0.4, -0.2) is 28.6 Å². The quantitative estimate of drug-likeness (QED) is 0.357. The minimum Gasteiger partial charge on any atom is -0.0725 e. The Balaban J connectivity index is 2.00. The topological polar surface area (TPSA) is 0 Å². The first-order valence-electron chi connectivity index (χ1n) is 3.00. The van der Waals surface area contributed by atoms with Crippen molar-refractivity contribution in [1.82, 2.24) is 0 Å². The zero-order valence-corrected chi connectivity index (χ0v) is 8.49. The lowest BCUT2D eigenvalue weighted by Crippen LogP contribution is -2.10. The molecule has 0 bridgehead atoms. The van der Waals surface area contributed by atoms with E-state index in [-0.39, 0.29) is 0 Å². The van der Waals surface area contributed by atoms with Crippen LogP contribution < -0.4 is 0 Å². The molecule has 36 valence electrons. The second-order valence-corrected chi connectivity index (χ2v) is 12.7. The summed E-state index contributed by atoms with van der Waals surface area (Å²) < 4.78 is 0. The summed E-state index contributed by atoms with van der Waals surface area (Å²) in [6, 6.07) is 0. The molecule has 1 aliphatic heterocycles. The molecule has 0 aromatic carbocycles. The molecule has 1 fully saturated rings. The minimum absolute atomic E-state index is 0.632. The Hall–Kier alpha value is 0.651. The molecule has 3 heteroatoms. The Morgan fingerprint density at radius 1 is 0.667 bits per heavy atom. The smallest absolute Gasteiger partial charge is 0.0134 e. The lowest BCUT2D eigenvalue weighted by molar-refractivity contribution is 1.71. The standard InChI is InChI=1S/C3H12Si3/c1-4-2-6-3-5-1/h1-6H2. The van der Waals surface area contributed by atoms with Crippen LogP contribution in [0.3, 0.4) is 0 Å². The molecule has 0 aromatic rings. The van der Waals surface area contributed by atoms with Gasteiger partial charge >= 0.3 is 0 Å². The highest BCUT2D eigenvalue weighted by Gasteiger charge is 1.97. The molecular weight excluding hydrogens is 120 g/mol. The van der Waals surface area contributed by atoms with Crippen LogP contribution in [0.4, 0.5) is 0 Å². The van der Waals surface area contributed by atoms with E-state index in [0.29, 0.717) is 28.6 Å². The van der Waals surface area contributed by atoms with E-state index >= 15 is 0 Å². The van der Waals surface area contributed by atoms with Crippen molar-refractivity contribution in [3.8, 4) is 0 Å². The van der Waals surface area contributed by atoms with Gasteiger partial charge in [-0.3, -0.25) is 0 Å². The minimum atomic E-state index is 0.632. The van der Waals surface area contributed by atoms with Gasteiger partial charge in [-0.25, -0.2) is 0 Å². The first-order valence-corrected chi connectivity index (χ1v) is 9.00. The van der Waals surface area contributed by atoms with E-state index < -0.39 is 0 Å². The molecule has 0 radical (unpaired) electrons. The van der Waals surface area contributed by atoms with Crippen molar-refractivity contribution >= 4 is 28.6 Å². The van der Waals surface area contributed by atoms with Crippen molar-refractivity contribution in [2.75, 3.05) is 0 Å². The van der Waals surface area contributed by atoms with Gasteiger partial charge in [0.25, 0.3) is 0 Å². The average Bonchev–Trinajstić information content (AvgIpc) is 1.72. The zero-order chi connectivity index (χ0) is 4.24. The first kappa shape index (κ1) is 4.80. The monoisotopic (exact) mass is 132 g/mol. The van der Waals surface area contributed by atoms with Crippen LogP contribution in [0.5, 0.6) is 0 Å². The fourth-order valence-electron chi connectivity index (χ4n) is 1.06. The zero-order valence-electron chi connectivity index (χ0n) is 4.24. The van der Waals surface area contributed by atoms with Crippen molar-refractivity contribution < 1.29 is 0 Å². The van der Waals surface area contributed by atoms with E-state index in [2.05, 4.69) is 0 Å². The summed E-state index contributed by atoms with van der Waals surface area (Å²) in [5.74, 6) is 0. The van der Waals surface area contributed by atoms with Gasteiger partial charge in [0.1, 0.15) is 0 Å². The van der Waals surface area contributed by atoms with E-state index in [0.717, 1.165) is 0 Å². The summed E-state index contributed by atoms with van der Waals surface area (Å²) in [4.78, 5) is 0. The van der Waals surface area contributed by atoms with Gasteiger partial charge in [-0.15, -0.1) is 0 Å². The predicted octanol–water partition coefficient (Wildman–Crippen LogP) is -1.37. The van der Waals surface area contributed by atoms with Crippen LogP contribution in [0.1, 0.15) is 0 Å². The van der Waals surface area contributed by atoms with Crippen molar-refractivity contribution in [3.63, 3.8) is 0 Å². The van der Waals surface area contributed by atoms with Gasteiger partial charge in [-0.2, -0.15) is 0 Å². The molecule has 0 unspecified atom stereocenters. The van der Waals surface area contributed by atoms with Gasteiger partial charge in [0, 0.05) is 28.6 Å². The van der Waals surface area contributed by atoms with Crippen LogP contribution in [0.25, 0.3) is 0 Å². The van der Waals surface area contributed by atoms with Crippen LogP contribution in [0.2, 0.25) is 17.0 Å². The molecule has 0 amide bonds. The van der Waals surface area contributed by atoms with Gasteiger partial charge in [-0.05, 0) is 0 Å². The fourth-order valence-corrected chi connectivity index (χ4v) is 19.1. The Labute approximate surface area is 46.2 Å². The summed E-state index contributed by atoms with van der Waals surface area (Å²) in [6.45, 7) is 0. The fraction of sp³-hybridized carbons (Fsp3) is 1.00. The lowest BCUT2D eigenvalue weighted by Gasteiger charge is -2.03. The molecular formula is C3H12Si3. The highest BCUT2D eigenvalue weighted by atomic mass is 28.3. The molecule has 1 saturated heterocycles. The molecule has 0 aromatic heterocycles. The largest absolute Gasteiger partial charge is 0.0725 e. The van der Waals surface area contributed by atoms with Crippen molar-refractivity contribution in [2.24, 2.45) is 0 Å². The Kier molecular flexibility index (Phi) is 2.21. The van der Waals surface area contributed by atoms with Crippen LogP contribution >= 0.6 is 0 Å². The molecule has 1 rings (SSSR count). The van der Waals surface area contributed by atoms with Gasteiger partial charge in [0.15, 0.2) is 0 Å². The highest BCUT2D eigenvalue weighted by Crippen LogP contribution is 1.94. The average molecular weight is 132 g/mol. The molecule has 6 heavy (non-hydrogen) atoms. The number of hydrogen-bond donors (Lipinski definition) is 0. The van der Waals surface area contributed by atoms with Gasteiger partial charge in [0.05, 0.1) is 0 Å². The van der Waals surface area contributed by atoms with E-state index in [1.165, 1.54) is 0 Å². The van der Waals surface area contributed by atoms with E-state index in [1.54, 1.807) is 0 Å².